The van der Waals surface area contributed by atoms with E-state index in [4.69, 9.17) is 9.84 Å². The Morgan fingerprint density at radius 1 is 1.33 bits per heavy atom. The predicted molar refractivity (Wildman–Crippen MR) is 67.9 cm³/mol. The second kappa shape index (κ2) is 8.44. The van der Waals surface area contributed by atoms with E-state index in [0.29, 0.717) is 13.0 Å². The number of methoxy groups -OCH3 is 1. The summed E-state index contributed by atoms with van der Waals surface area (Å²) < 4.78 is 10.2. The number of benzene rings is 1. The summed E-state index contributed by atoms with van der Waals surface area (Å²) in [6.07, 6.45) is 3.02. The molecule has 0 amide bonds. The van der Waals surface area contributed by atoms with Crippen molar-refractivity contribution in [1.29, 1.82) is 0 Å². The number of aliphatic hydroxyl groups is 1. The van der Waals surface area contributed by atoms with Crippen molar-refractivity contribution in [3.63, 3.8) is 0 Å². The average molecular weight is 250 g/mol. The quantitative estimate of drug-likeness (QED) is 0.591. The third-order valence-corrected chi connectivity index (χ3v) is 2.38. The van der Waals surface area contributed by atoms with Gasteiger partial charge in [-0.1, -0.05) is 42.5 Å². The van der Waals surface area contributed by atoms with E-state index in [2.05, 4.69) is 4.74 Å². The van der Waals surface area contributed by atoms with Crippen LogP contribution < -0.4 is 0 Å². The molecule has 0 fully saturated rings. The van der Waals surface area contributed by atoms with Crippen LogP contribution in [0.5, 0.6) is 0 Å². The Kier molecular flexibility index (Phi) is 6.76. The molecule has 0 radical (unpaired) electrons. The van der Waals surface area contributed by atoms with Crippen molar-refractivity contribution in [2.75, 3.05) is 13.7 Å². The van der Waals surface area contributed by atoms with E-state index in [9.17, 15) is 4.79 Å². The van der Waals surface area contributed by atoms with Crippen molar-refractivity contribution in [3.05, 3.63) is 48.0 Å². The lowest BCUT2D eigenvalue weighted by Gasteiger charge is -2.13. The van der Waals surface area contributed by atoms with E-state index < -0.39 is 12.1 Å². The van der Waals surface area contributed by atoms with Gasteiger partial charge in [0.1, 0.15) is 0 Å². The van der Waals surface area contributed by atoms with Crippen LogP contribution in [0.2, 0.25) is 0 Å². The van der Waals surface area contributed by atoms with Crippen molar-refractivity contribution >= 4 is 5.97 Å². The highest BCUT2D eigenvalue weighted by molar-refractivity contribution is 5.74. The lowest BCUT2D eigenvalue weighted by Crippen LogP contribution is -2.25. The van der Waals surface area contributed by atoms with Gasteiger partial charge in [-0.3, -0.25) is 0 Å². The zero-order valence-electron chi connectivity index (χ0n) is 10.4. The molecule has 0 spiro atoms. The summed E-state index contributed by atoms with van der Waals surface area (Å²) in [5, 5.41) is 8.64. The topological polar surface area (TPSA) is 55.8 Å². The monoisotopic (exact) mass is 250 g/mol. The Labute approximate surface area is 107 Å². The van der Waals surface area contributed by atoms with Gasteiger partial charge in [0.2, 0.25) is 0 Å². The third-order valence-electron chi connectivity index (χ3n) is 2.38. The molecule has 0 heterocycles. The van der Waals surface area contributed by atoms with E-state index >= 15 is 0 Å². The fourth-order valence-corrected chi connectivity index (χ4v) is 1.43. The number of rotatable bonds is 7. The summed E-state index contributed by atoms with van der Waals surface area (Å²) in [6, 6.07) is 9.61. The summed E-state index contributed by atoms with van der Waals surface area (Å²) in [6.45, 7) is 0.306. The molecule has 98 valence electrons. The van der Waals surface area contributed by atoms with Crippen molar-refractivity contribution in [2.24, 2.45) is 0 Å². The van der Waals surface area contributed by atoms with Crippen LogP contribution in [0.3, 0.4) is 0 Å². The molecule has 0 saturated carbocycles. The van der Waals surface area contributed by atoms with Crippen LogP contribution in [0.4, 0.5) is 0 Å². The smallest absolute Gasteiger partial charge is 0.335 e. The van der Waals surface area contributed by atoms with Gasteiger partial charge in [0, 0.05) is 6.42 Å². The van der Waals surface area contributed by atoms with Gasteiger partial charge >= 0.3 is 5.97 Å². The molecule has 0 aliphatic carbocycles. The molecule has 18 heavy (non-hydrogen) atoms. The number of esters is 1. The Balaban J connectivity index is 2.50. The lowest BCUT2D eigenvalue weighted by atomic mass is 10.2. The zero-order chi connectivity index (χ0) is 13.2. The largest absolute Gasteiger partial charge is 0.467 e. The Hall–Kier alpha value is -1.65. The van der Waals surface area contributed by atoms with Gasteiger partial charge in [-0.2, -0.15) is 0 Å². The van der Waals surface area contributed by atoms with Crippen LogP contribution in [-0.4, -0.2) is 30.9 Å². The molecule has 1 aromatic carbocycles. The molecule has 0 aliphatic heterocycles. The highest BCUT2D eigenvalue weighted by atomic mass is 16.6. The maximum absolute atomic E-state index is 11.5. The summed E-state index contributed by atoms with van der Waals surface area (Å²) >= 11 is 0. The van der Waals surface area contributed by atoms with Crippen molar-refractivity contribution in [2.45, 2.75) is 19.1 Å². The van der Waals surface area contributed by atoms with E-state index in [0.717, 1.165) is 5.56 Å². The number of carbonyl (C=O) groups excluding carboxylic acids is 1. The molecule has 0 aromatic heterocycles. The third kappa shape index (κ3) is 5.12. The molecule has 1 atom stereocenters. The molecule has 4 nitrogen and oxygen atoms in total. The molecule has 0 aliphatic rings. The maximum Gasteiger partial charge on any atom is 0.335 e. The van der Waals surface area contributed by atoms with Crippen molar-refractivity contribution in [3.8, 4) is 0 Å². The van der Waals surface area contributed by atoms with Gasteiger partial charge in [0.15, 0.2) is 6.10 Å². The van der Waals surface area contributed by atoms with Gasteiger partial charge in [0.05, 0.1) is 20.3 Å². The van der Waals surface area contributed by atoms with E-state index in [1.807, 2.05) is 30.3 Å². The molecular formula is C14H18O4. The van der Waals surface area contributed by atoms with Crippen molar-refractivity contribution < 1.29 is 19.4 Å². The molecule has 1 unspecified atom stereocenters. The molecule has 0 bridgehead atoms. The second-order valence-corrected chi connectivity index (χ2v) is 3.70. The predicted octanol–water partition coefficient (Wildman–Crippen LogP) is 1.68. The highest BCUT2D eigenvalue weighted by Gasteiger charge is 2.18. The zero-order valence-corrected chi connectivity index (χ0v) is 10.4. The number of carbonyl (C=O) groups is 1. The van der Waals surface area contributed by atoms with Crippen LogP contribution in [0.1, 0.15) is 12.0 Å². The average Bonchev–Trinajstić information content (AvgIpc) is 2.43. The Bertz CT molecular complexity index is 373. The number of aliphatic hydroxyl groups excluding tert-OH is 1. The molecule has 1 N–H and O–H groups in total. The molecule has 1 rings (SSSR count). The first-order chi connectivity index (χ1) is 8.77. The fraction of sp³-hybridized carbons (Fsp3) is 0.357. The number of hydrogen-bond acceptors (Lipinski definition) is 4. The number of ether oxygens (including phenoxy) is 2. The minimum atomic E-state index is -0.641. The van der Waals surface area contributed by atoms with Crippen LogP contribution in [-0.2, 0) is 20.9 Å². The van der Waals surface area contributed by atoms with Crippen LogP contribution in [0.25, 0.3) is 0 Å². The summed E-state index contributed by atoms with van der Waals surface area (Å²) in [7, 11) is 1.33. The first kappa shape index (κ1) is 14.4. The van der Waals surface area contributed by atoms with Crippen molar-refractivity contribution in [1.82, 2.24) is 0 Å². The van der Waals surface area contributed by atoms with E-state index in [1.54, 1.807) is 12.2 Å². The van der Waals surface area contributed by atoms with Gasteiger partial charge in [0.25, 0.3) is 0 Å². The second-order valence-electron chi connectivity index (χ2n) is 3.70. The van der Waals surface area contributed by atoms with Crippen LogP contribution in [0, 0.1) is 0 Å². The van der Waals surface area contributed by atoms with Crippen LogP contribution in [0.15, 0.2) is 42.5 Å². The highest BCUT2D eigenvalue weighted by Crippen LogP contribution is 2.08. The standard InChI is InChI=1S/C14H18O4/c1-17-14(16)13(9-5-6-10-15)18-11-12-7-3-2-4-8-12/h2-8,13,15H,9-11H2,1H3/b6-5+. The minimum absolute atomic E-state index is 0.0490. The molecule has 1 aromatic rings. The lowest BCUT2D eigenvalue weighted by molar-refractivity contribution is -0.154. The minimum Gasteiger partial charge on any atom is -0.467 e. The Morgan fingerprint density at radius 3 is 2.67 bits per heavy atom. The summed E-state index contributed by atoms with van der Waals surface area (Å²) in [4.78, 5) is 11.5. The van der Waals surface area contributed by atoms with Gasteiger partial charge < -0.3 is 14.6 Å². The Morgan fingerprint density at radius 2 is 2.06 bits per heavy atom. The molecular weight excluding hydrogens is 232 g/mol. The van der Waals surface area contributed by atoms with Gasteiger partial charge in [-0.15, -0.1) is 0 Å². The van der Waals surface area contributed by atoms with Gasteiger partial charge in [-0.05, 0) is 5.56 Å². The maximum atomic E-state index is 11.5. The first-order valence-corrected chi connectivity index (χ1v) is 5.77. The first-order valence-electron chi connectivity index (χ1n) is 5.77. The van der Waals surface area contributed by atoms with Gasteiger partial charge in [-0.25, -0.2) is 4.79 Å². The van der Waals surface area contributed by atoms with E-state index in [1.165, 1.54) is 7.11 Å². The molecule has 4 heteroatoms. The fourth-order valence-electron chi connectivity index (χ4n) is 1.43. The molecule has 0 saturated heterocycles. The summed E-state index contributed by atoms with van der Waals surface area (Å²) in [5.74, 6) is -0.409. The SMILES string of the molecule is COC(=O)C(C/C=C/CO)OCc1ccccc1. The van der Waals surface area contributed by atoms with E-state index in [-0.39, 0.29) is 6.61 Å². The van der Waals surface area contributed by atoms with Crippen LogP contribution >= 0.6 is 0 Å². The normalized spacial score (nSPS) is 12.6. The summed E-state index contributed by atoms with van der Waals surface area (Å²) in [5.41, 5.74) is 0.998. The number of hydrogen-bond donors (Lipinski definition) is 1.